The fourth-order valence-corrected chi connectivity index (χ4v) is 4.10. The molecule has 1 aromatic carbocycles. The fourth-order valence-electron chi connectivity index (χ4n) is 4.10. The van der Waals surface area contributed by atoms with Crippen LogP contribution < -0.4 is 15.0 Å². The van der Waals surface area contributed by atoms with Gasteiger partial charge in [-0.2, -0.15) is 0 Å². The monoisotopic (exact) mass is 444 g/mol. The number of amides is 2. The van der Waals surface area contributed by atoms with Gasteiger partial charge >= 0.3 is 12.5 Å². The van der Waals surface area contributed by atoms with Crippen molar-refractivity contribution in [3.8, 4) is 5.75 Å². The summed E-state index contributed by atoms with van der Waals surface area (Å²) >= 11 is 0. The number of carbonyl (C=O) groups is 2. The summed E-state index contributed by atoms with van der Waals surface area (Å²) in [6.45, 7) is 3.70. The summed E-state index contributed by atoms with van der Waals surface area (Å²) in [5, 5.41) is 12.2. The van der Waals surface area contributed by atoms with Crippen LogP contribution in [0.3, 0.4) is 0 Å². The van der Waals surface area contributed by atoms with Crippen molar-refractivity contribution in [3.05, 3.63) is 24.3 Å². The molecule has 0 aromatic heterocycles. The highest BCUT2D eigenvalue weighted by Gasteiger charge is 2.49. The maximum Gasteiger partial charge on any atom is 0.573 e. The molecular formula is C21H27F3N2O5. The van der Waals surface area contributed by atoms with E-state index in [2.05, 4.69) is 10.1 Å². The van der Waals surface area contributed by atoms with E-state index >= 15 is 0 Å². The molecule has 0 radical (unpaired) electrons. The molecular weight excluding hydrogens is 417 g/mol. The number of benzene rings is 1. The number of carbonyl (C=O) groups excluding carboxylic acids is 2. The molecule has 1 spiro atoms. The van der Waals surface area contributed by atoms with E-state index in [-0.39, 0.29) is 24.3 Å². The van der Waals surface area contributed by atoms with Crippen LogP contribution in [-0.4, -0.2) is 48.3 Å². The van der Waals surface area contributed by atoms with Crippen LogP contribution in [0.1, 0.15) is 46.0 Å². The lowest BCUT2D eigenvalue weighted by molar-refractivity contribution is -0.274. The molecule has 7 nitrogen and oxygen atoms in total. The third-order valence-corrected chi connectivity index (χ3v) is 5.72. The Hall–Kier alpha value is -2.49. The molecule has 1 aliphatic heterocycles. The highest BCUT2D eigenvalue weighted by Crippen LogP contribution is 2.46. The topological polar surface area (TPSA) is 88.1 Å². The quantitative estimate of drug-likeness (QED) is 0.722. The Morgan fingerprint density at radius 1 is 1.19 bits per heavy atom. The molecule has 2 aliphatic rings. The average molecular weight is 444 g/mol. The van der Waals surface area contributed by atoms with Crippen molar-refractivity contribution in [2.75, 3.05) is 18.0 Å². The first-order valence-electron chi connectivity index (χ1n) is 10.2. The van der Waals surface area contributed by atoms with Gasteiger partial charge in [0.15, 0.2) is 0 Å². The van der Waals surface area contributed by atoms with E-state index in [1.807, 2.05) is 0 Å². The van der Waals surface area contributed by atoms with Gasteiger partial charge in [0.1, 0.15) is 11.9 Å². The fraction of sp³-hybridized carbons (Fsp3) is 0.619. The molecule has 1 heterocycles. The Morgan fingerprint density at radius 3 is 2.35 bits per heavy atom. The molecule has 3 rings (SSSR count). The standard InChI is InChI=1S/C21H27F3N2O5/c1-19(2,29)13-25-18(28)30-15-7-9-20(10-8-15)11-12-26(17(20)27)14-3-5-16(6-4-14)31-21(22,23)24/h3-6,15,29H,7-13H2,1-2H3,(H,25,28). The van der Waals surface area contributed by atoms with Crippen molar-refractivity contribution in [1.29, 1.82) is 0 Å². The second-order valence-electron chi connectivity index (χ2n) is 8.80. The summed E-state index contributed by atoms with van der Waals surface area (Å²) in [5.74, 6) is -0.389. The highest BCUT2D eigenvalue weighted by molar-refractivity contribution is 6.00. The van der Waals surface area contributed by atoms with E-state index in [1.54, 1.807) is 18.7 Å². The molecule has 1 saturated carbocycles. The van der Waals surface area contributed by atoms with Gasteiger partial charge < -0.3 is 24.8 Å². The van der Waals surface area contributed by atoms with Crippen molar-refractivity contribution >= 4 is 17.7 Å². The number of halogens is 3. The normalized spacial score (nSPS) is 24.4. The summed E-state index contributed by atoms with van der Waals surface area (Å²) in [6.07, 6.45) is -2.77. The molecule has 172 valence electrons. The zero-order chi connectivity index (χ0) is 22.9. The maximum atomic E-state index is 13.1. The van der Waals surface area contributed by atoms with Crippen molar-refractivity contribution < 1.29 is 37.3 Å². The SMILES string of the molecule is CC(C)(O)CNC(=O)OC1CCC2(CC1)CCN(c1ccc(OC(F)(F)F)cc1)C2=O. The van der Waals surface area contributed by atoms with Crippen LogP contribution in [0, 0.1) is 5.41 Å². The Kier molecular flexibility index (Phi) is 6.40. The summed E-state index contributed by atoms with van der Waals surface area (Å²) in [6, 6.07) is 5.27. The number of alkyl carbamates (subject to hydrolysis) is 1. The molecule has 1 aliphatic carbocycles. The first-order valence-corrected chi connectivity index (χ1v) is 10.2. The summed E-state index contributed by atoms with van der Waals surface area (Å²) in [4.78, 5) is 26.6. The Morgan fingerprint density at radius 2 is 1.81 bits per heavy atom. The average Bonchev–Trinajstić information content (AvgIpc) is 2.97. The van der Waals surface area contributed by atoms with E-state index in [9.17, 15) is 27.9 Å². The number of alkyl halides is 3. The van der Waals surface area contributed by atoms with Crippen molar-refractivity contribution in [2.45, 2.75) is 64.0 Å². The minimum atomic E-state index is -4.76. The van der Waals surface area contributed by atoms with Crippen LogP contribution in [0.5, 0.6) is 5.75 Å². The predicted molar refractivity (Wildman–Crippen MR) is 106 cm³/mol. The third kappa shape index (κ3) is 6.03. The molecule has 2 fully saturated rings. The van der Waals surface area contributed by atoms with Crippen LogP contribution in [0.25, 0.3) is 0 Å². The largest absolute Gasteiger partial charge is 0.573 e. The lowest BCUT2D eigenvalue weighted by Crippen LogP contribution is -2.42. The number of aliphatic hydroxyl groups is 1. The number of nitrogens with zero attached hydrogens (tertiary/aromatic N) is 1. The molecule has 10 heteroatoms. The van der Waals surface area contributed by atoms with Gasteiger partial charge in [-0.1, -0.05) is 0 Å². The third-order valence-electron chi connectivity index (χ3n) is 5.72. The van der Waals surface area contributed by atoms with Gasteiger partial charge in [0.2, 0.25) is 5.91 Å². The van der Waals surface area contributed by atoms with Gasteiger partial charge in [0, 0.05) is 18.8 Å². The van der Waals surface area contributed by atoms with Crippen LogP contribution >= 0.6 is 0 Å². The second-order valence-corrected chi connectivity index (χ2v) is 8.80. The Balaban J connectivity index is 1.54. The zero-order valence-corrected chi connectivity index (χ0v) is 17.5. The first-order chi connectivity index (χ1) is 14.4. The minimum Gasteiger partial charge on any atom is -0.446 e. The molecule has 2 amide bonds. The molecule has 0 unspecified atom stereocenters. The molecule has 0 bridgehead atoms. The van der Waals surface area contributed by atoms with Crippen LogP contribution in [0.2, 0.25) is 0 Å². The van der Waals surface area contributed by atoms with Crippen molar-refractivity contribution in [2.24, 2.45) is 5.41 Å². The predicted octanol–water partition coefficient (Wildman–Crippen LogP) is 3.75. The number of hydrogen-bond acceptors (Lipinski definition) is 5. The van der Waals surface area contributed by atoms with Crippen molar-refractivity contribution in [1.82, 2.24) is 5.32 Å². The van der Waals surface area contributed by atoms with Gasteiger partial charge in [-0.15, -0.1) is 13.2 Å². The highest BCUT2D eigenvalue weighted by atomic mass is 19.4. The molecule has 1 aromatic rings. The van der Waals surface area contributed by atoms with E-state index in [0.29, 0.717) is 44.3 Å². The number of nitrogens with one attached hydrogen (secondary N) is 1. The number of anilines is 1. The number of hydrogen-bond donors (Lipinski definition) is 2. The molecule has 0 atom stereocenters. The lowest BCUT2D eigenvalue weighted by Gasteiger charge is -2.35. The van der Waals surface area contributed by atoms with Crippen LogP contribution in [0.4, 0.5) is 23.7 Å². The Labute approximate surface area is 178 Å². The Bertz CT molecular complexity index is 797. The van der Waals surface area contributed by atoms with Gasteiger partial charge in [-0.3, -0.25) is 4.79 Å². The molecule has 1 saturated heterocycles. The van der Waals surface area contributed by atoms with Crippen molar-refractivity contribution in [3.63, 3.8) is 0 Å². The minimum absolute atomic E-state index is 0.0538. The smallest absolute Gasteiger partial charge is 0.446 e. The maximum absolute atomic E-state index is 13.1. The van der Waals surface area contributed by atoms with E-state index < -0.39 is 23.5 Å². The second kappa shape index (κ2) is 8.57. The lowest BCUT2D eigenvalue weighted by atomic mass is 9.72. The van der Waals surface area contributed by atoms with Crippen LogP contribution in [0.15, 0.2) is 24.3 Å². The molecule has 31 heavy (non-hydrogen) atoms. The van der Waals surface area contributed by atoms with Crippen LogP contribution in [-0.2, 0) is 9.53 Å². The van der Waals surface area contributed by atoms with Gasteiger partial charge in [-0.05, 0) is 70.2 Å². The summed E-state index contributed by atoms with van der Waals surface area (Å²) in [7, 11) is 0. The summed E-state index contributed by atoms with van der Waals surface area (Å²) in [5.41, 5.74) is -1.04. The number of ether oxygens (including phenoxy) is 2. The molecule has 2 N–H and O–H groups in total. The zero-order valence-electron chi connectivity index (χ0n) is 17.5. The van der Waals surface area contributed by atoms with E-state index in [1.165, 1.54) is 24.3 Å². The van der Waals surface area contributed by atoms with Gasteiger partial charge in [-0.25, -0.2) is 4.79 Å². The van der Waals surface area contributed by atoms with E-state index in [0.717, 1.165) is 0 Å². The van der Waals surface area contributed by atoms with Gasteiger partial charge in [0.05, 0.1) is 11.0 Å². The van der Waals surface area contributed by atoms with E-state index in [4.69, 9.17) is 4.74 Å². The van der Waals surface area contributed by atoms with Gasteiger partial charge in [0.25, 0.3) is 0 Å². The first kappa shape index (κ1) is 23.2. The summed E-state index contributed by atoms with van der Waals surface area (Å²) < 4.78 is 46.2. The number of rotatable bonds is 5.